The monoisotopic (exact) mass is 288 g/mol. The molecule has 112 valence electrons. The molecule has 0 amide bonds. The van der Waals surface area contributed by atoms with Gasteiger partial charge in [0.05, 0.1) is 14.2 Å². The van der Waals surface area contributed by atoms with E-state index in [-0.39, 0.29) is 0 Å². The van der Waals surface area contributed by atoms with E-state index in [2.05, 4.69) is 10.3 Å². The molecule has 0 radical (unpaired) electrons. The summed E-state index contributed by atoms with van der Waals surface area (Å²) in [6.07, 6.45) is 1.71. The van der Waals surface area contributed by atoms with Crippen LogP contribution in [0.25, 0.3) is 0 Å². The molecule has 0 aliphatic heterocycles. The minimum absolute atomic E-state index is 0.559. The second-order valence-corrected chi connectivity index (χ2v) is 4.37. The van der Waals surface area contributed by atoms with Gasteiger partial charge in [-0.05, 0) is 24.3 Å². The Bertz CT molecular complexity index is 546. The summed E-state index contributed by atoms with van der Waals surface area (Å²) in [4.78, 5) is 4.10. The first-order valence-corrected chi connectivity index (χ1v) is 6.79. The number of nitrogens with one attached hydrogen (secondary N) is 1. The minimum atomic E-state index is 0.559. The number of pyridine rings is 1. The van der Waals surface area contributed by atoms with Crippen LogP contribution in [0.3, 0.4) is 0 Å². The smallest absolute Gasteiger partial charge is 0.213 e. The molecule has 0 fully saturated rings. The molecule has 1 N–H and O–H groups in total. The van der Waals surface area contributed by atoms with Crippen LogP contribution in [0.2, 0.25) is 0 Å². The highest BCUT2D eigenvalue weighted by molar-refractivity contribution is 5.40. The highest BCUT2D eigenvalue weighted by Crippen LogP contribution is 2.23. The standard InChI is InChI=1S/C16H20N2O3/c1-19-14-6-7-15(20-2)13(11-14)12-17-9-10-21-16-5-3-4-8-18-16/h3-8,11,17H,9-10,12H2,1-2H3. The Balaban J connectivity index is 1.78. The molecule has 0 bridgehead atoms. The predicted octanol–water partition coefficient (Wildman–Crippen LogP) is 2.27. The molecule has 2 aromatic rings. The van der Waals surface area contributed by atoms with Crippen LogP contribution in [-0.4, -0.2) is 32.4 Å². The van der Waals surface area contributed by atoms with E-state index < -0.39 is 0 Å². The summed E-state index contributed by atoms with van der Waals surface area (Å²) in [5.74, 6) is 2.30. The van der Waals surface area contributed by atoms with Gasteiger partial charge in [-0.2, -0.15) is 0 Å². The van der Waals surface area contributed by atoms with Gasteiger partial charge in [0.15, 0.2) is 0 Å². The number of hydrogen-bond acceptors (Lipinski definition) is 5. The third-order valence-electron chi connectivity index (χ3n) is 2.97. The van der Waals surface area contributed by atoms with Crippen molar-refractivity contribution in [1.82, 2.24) is 10.3 Å². The molecule has 0 saturated carbocycles. The fourth-order valence-corrected chi connectivity index (χ4v) is 1.90. The summed E-state index contributed by atoms with van der Waals surface area (Å²) in [6.45, 7) is 1.96. The van der Waals surface area contributed by atoms with E-state index in [1.54, 1.807) is 20.4 Å². The zero-order valence-electron chi connectivity index (χ0n) is 12.3. The average Bonchev–Trinajstić information content (AvgIpc) is 2.55. The molecule has 0 aliphatic rings. The van der Waals surface area contributed by atoms with E-state index in [0.29, 0.717) is 19.0 Å². The zero-order valence-corrected chi connectivity index (χ0v) is 12.3. The summed E-state index contributed by atoms with van der Waals surface area (Å²) in [5, 5.41) is 3.31. The Morgan fingerprint density at radius 1 is 1.10 bits per heavy atom. The Hall–Kier alpha value is -2.27. The second-order valence-electron chi connectivity index (χ2n) is 4.37. The fraction of sp³-hybridized carbons (Fsp3) is 0.312. The van der Waals surface area contributed by atoms with Crippen molar-refractivity contribution >= 4 is 0 Å². The topological polar surface area (TPSA) is 52.6 Å². The van der Waals surface area contributed by atoms with Gasteiger partial charge in [-0.3, -0.25) is 0 Å². The van der Waals surface area contributed by atoms with Crippen molar-refractivity contribution in [3.8, 4) is 17.4 Å². The van der Waals surface area contributed by atoms with Crippen LogP contribution >= 0.6 is 0 Å². The number of aromatic nitrogens is 1. The SMILES string of the molecule is COc1ccc(OC)c(CNCCOc2ccccn2)c1. The number of methoxy groups -OCH3 is 2. The maximum absolute atomic E-state index is 5.52. The van der Waals surface area contributed by atoms with Gasteiger partial charge in [0.25, 0.3) is 0 Å². The Morgan fingerprint density at radius 3 is 2.71 bits per heavy atom. The van der Waals surface area contributed by atoms with Gasteiger partial charge in [-0.25, -0.2) is 4.98 Å². The third-order valence-corrected chi connectivity index (χ3v) is 2.97. The predicted molar refractivity (Wildman–Crippen MR) is 81.0 cm³/mol. The number of nitrogens with zero attached hydrogens (tertiary/aromatic N) is 1. The van der Waals surface area contributed by atoms with Crippen molar-refractivity contribution in [2.45, 2.75) is 6.54 Å². The largest absolute Gasteiger partial charge is 0.497 e. The molecule has 1 heterocycles. The lowest BCUT2D eigenvalue weighted by Crippen LogP contribution is -2.21. The van der Waals surface area contributed by atoms with E-state index in [4.69, 9.17) is 14.2 Å². The van der Waals surface area contributed by atoms with E-state index in [0.717, 1.165) is 23.6 Å². The molecule has 5 heteroatoms. The summed E-state index contributed by atoms with van der Waals surface area (Å²) in [6, 6.07) is 11.3. The molecule has 0 atom stereocenters. The van der Waals surface area contributed by atoms with Crippen LogP contribution < -0.4 is 19.5 Å². The Morgan fingerprint density at radius 2 is 2.00 bits per heavy atom. The summed E-state index contributed by atoms with van der Waals surface area (Å²) in [7, 11) is 3.31. The number of ether oxygens (including phenoxy) is 3. The number of hydrogen-bond donors (Lipinski definition) is 1. The van der Waals surface area contributed by atoms with Crippen molar-refractivity contribution in [2.24, 2.45) is 0 Å². The van der Waals surface area contributed by atoms with Crippen molar-refractivity contribution in [3.63, 3.8) is 0 Å². The van der Waals surface area contributed by atoms with Crippen molar-refractivity contribution in [1.29, 1.82) is 0 Å². The molecule has 21 heavy (non-hydrogen) atoms. The first-order chi connectivity index (χ1) is 10.3. The minimum Gasteiger partial charge on any atom is -0.497 e. The first-order valence-electron chi connectivity index (χ1n) is 6.79. The lowest BCUT2D eigenvalue weighted by Gasteiger charge is -2.11. The van der Waals surface area contributed by atoms with Crippen LogP contribution in [0, 0.1) is 0 Å². The highest BCUT2D eigenvalue weighted by Gasteiger charge is 2.04. The molecule has 2 rings (SSSR count). The summed E-state index contributed by atoms with van der Waals surface area (Å²) >= 11 is 0. The Kier molecular flexibility index (Phi) is 5.84. The second kappa shape index (κ2) is 8.11. The van der Waals surface area contributed by atoms with Crippen LogP contribution in [0.5, 0.6) is 17.4 Å². The van der Waals surface area contributed by atoms with Crippen molar-refractivity contribution in [2.75, 3.05) is 27.4 Å². The molecule has 1 aromatic carbocycles. The lowest BCUT2D eigenvalue weighted by atomic mass is 10.2. The van der Waals surface area contributed by atoms with E-state index in [9.17, 15) is 0 Å². The molecular weight excluding hydrogens is 268 g/mol. The van der Waals surface area contributed by atoms with Gasteiger partial charge < -0.3 is 19.5 Å². The van der Waals surface area contributed by atoms with Gasteiger partial charge in [0.2, 0.25) is 5.88 Å². The molecule has 1 aromatic heterocycles. The van der Waals surface area contributed by atoms with Crippen LogP contribution in [-0.2, 0) is 6.54 Å². The van der Waals surface area contributed by atoms with Gasteiger partial charge in [0, 0.05) is 30.9 Å². The quantitative estimate of drug-likeness (QED) is 0.755. The summed E-state index contributed by atoms with van der Waals surface area (Å²) < 4.78 is 16.1. The van der Waals surface area contributed by atoms with E-state index in [1.165, 1.54) is 0 Å². The van der Waals surface area contributed by atoms with Crippen LogP contribution in [0.4, 0.5) is 0 Å². The van der Waals surface area contributed by atoms with Gasteiger partial charge >= 0.3 is 0 Å². The molecule has 0 saturated heterocycles. The summed E-state index contributed by atoms with van der Waals surface area (Å²) in [5.41, 5.74) is 1.05. The number of benzene rings is 1. The molecular formula is C16H20N2O3. The first kappa shape index (κ1) is 15.1. The fourth-order valence-electron chi connectivity index (χ4n) is 1.90. The maximum Gasteiger partial charge on any atom is 0.213 e. The van der Waals surface area contributed by atoms with Crippen LogP contribution in [0.1, 0.15) is 5.56 Å². The third kappa shape index (κ3) is 4.65. The number of rotatable bonds is 8. The average molecular weight is 288 g/mol. The van der Waals surface area contributed by atoms with Gasteiger partial charge in [-0.15, -0.1) is 0 Å². The van der Waals surface area contributed by atoms with Crippen molar-refractivity contribution < 1.29 is 14.2 Å². The maximum atomic E-state index is 5.52. The van der Waals surface area contributed by atoms with Crippen molar-refractivity contribution in [3.05, 3.63) is 48.2 Å². The molecule has 0 aliphatic carbocycles. The van der Waals surface area contributed by atoms with Crippen LogP contribution in [0.15, 0.2) is 42.6 Å². The lowest BCUT2D eigenvalue weighted by molar-refractivity contribution is 0.301. The molecule has 0 spiro atoms. The zero-order chi connectivity index (χ0) is 14.9. The normalized spacial score (nSPS) is 10.2. The Labute approximate surface area is 124 Å². The van der Waals surface area contributed by atoms with E-state index >= 15 is 0 Å². The van der Waals surface area contributed by atoms with Gasteiger partial charge in [0.1, 0.15) is 18.1 Å². The molecule has 5 nitrogen and oxygen atoms in total. The van der Waals surface area contributed by atoms with Gasteiger partial charge in [-0.1, -0.05) is 6.07 Å². The molecule has 0 unspecified atom stereocenters. The van der Waals surface area contributed by atoms with E-state index in [1.807, 2.05) is 36.4 Å². The highest BCUT2D eigenvalue weighted by atomic mass is 16.5.